The third-order valence-electron chi connectivity index (χ3n) is 8.48. The lowest BCUT2D eigenvalue weighted by Crippen LogP contribution is -2.40. The van der Waals surface area contributed by atoms with Crippen molar-refractivity contribution in [3.8, 4) is 11.1 Å². The van der Waals surface area contributed by atoms with Gasteiger partial charge in [0.05, 0.1) is 18.0 Å². The number of aliphatic imine (C=N–C) groups is 1. The molecule has 5 rings (SSSR count). The van der Waals surface area contributed by atoms with Crippen LogP contribution in [-0.2, 0) is 38.2 Å². The molecular formula is C35H41N5O5S. The monoisotopic (exact) mass is 643 g/mol. The molecule has 1 aliphatic heterocycles. The molecule has 46 heavy (non-hydrogen) atoms. The molecule has 2 aromatic heterocycles. The highest BCUT2D eigenvalue weighted by Crippen LogP contribution is 2.39. The van der Waals surface area contributed by atoms with Crippen LogP contribution < -0.4 is 4.72 Å². The van der Waals surface area contributed by atoms with Crippen LogP contribution in [0.15, 0.2) is 81.4 Å². The number of nitrogens with zero attached hydrogens (tertiary/aromatic N) is 4. The standard InChI is InChI=1S/C35H41N5O5S/c1-6-9-14-32-37-35(7-2,28-17-19-36-20-18-28)34(41)40(32)22-26-15-16-29(27(21-26)23-44-8-3)30-12-10-11-13-31(30)46(42,43)39-33-24(4)25(5)45-38-33/h10-13,15-21H,6-9,14,22-23H2,1-5H3,(H,38,39)/t35-/m1/s1. The van der Waals surface area contributed by atoms with E-state index in [2.05, 4.69) is 21.8 Å². The van der Waals surface area contributed by atoms with Gasteiger partial charge in [-0.25, -0.2) is 8.42 Å². The first-order chi connectivity index (χ1) is 22.1. The third kappa shape index (κ3) is 6.47. The summed E-state index contributed by atoms with van der Waals surface area (Å²) in [6.07, 6.45) is 6.52. The van der Waals surface area contributed by atoms with Crippen molar-refractivity contribution in [2.24, 2.45) is 4.99 Å². The number of hydrogen-bond acceptors (Lipinski definition) is 8. The summed E-state index contributed by atoms with van der Waals surface area (Å²) in [5.41, 5.74) is 3.42. The molecule has 1 atom stereocenters. The summed E-state index contributed by atoms with van der Waals surface area (Å²) in [6.45, 7) is 10.6. The first-order valence-corrected chi connectivity index (χ1v) is 17.2. The van der Waals surface area contributed by atoms with Gasteiger partial charge in [0, 0.05) is 36.5 Å². The number of aromatic nitrogens is 2. The van der Waals surface area contributed by atoms with E-state index in [1.807, 2.05) is 49.1 Å². The van der Waals surface area contributed by atoms with E-state index in [0.29, 0.717) is 42.9 Å². The Labute approximate surface area is 270 Å². The Bertz CT molecular complexity index is 1840. The predicted octanol–water partition coefficient (Wildman–Crippen LogP) is 6.93. The van der Waals surface area contributed by atoms with Crippen molar-refractivity contribution < 1.29 is 22.5 Å². The van der Waals surface area contributed by atoms with Crippen LogP contribution in [-0.4, -0.2) is 41.8 Å². The summed E-state index contributed by atoms with van der Waals surface area (Å²) in [4.78, 5) is 25.3. The number of rotatable bonds is 14. The van der Waals surface area contributed by atoms with Gasteiger partial charge in [0.25, 0.3) is 15.9 Å². The summed E-state index contributed by atoms with van der Waals surface area (Å²) in [5.74, 6) is 1.42. The van der Waals surface area contributed by atoms with E-state index in [1.54, 1.807) is 50.5 Å². The van der Waals surface area contributed by atoms with E-state index in [0.717, 1.165) is 40.9 Å². The second-order valence-corrected chi connectivity index (χ2v) is 13.1. The van der Waals surface area contributed by atoms with Crippen LogP contribution in [0, 0.1) is 13.8 Å². The molecule has 4 aromatic rings. The zero-order valence-corrected chi connectivity index (χ0v) is 27.9. The topological polar surface area (TPSA) is 127 Å². The quantitative estimate of drug-likeness (QED) is 0.158. The zero-order chi connectivity index (χ0) is 32.9. The summed E-state index contributed by atoms with van der Waals surface area (Å²) < 4.78 is 40.9. The van der Waals surface area contributed by atoms with Gasteiger partial charge in [-0.15, -0.1) is 0 Å². The molecule has 1 N–H and O–H groups in total. The maximum Gasteiger partial charge on any atom is 0.263 e. The first-order valence-electron chi connectivity index (χ1n) is 15.7. The van der Waals surface area contributed by atoms with Gasteiger partial charge in [-0.05, 0) is 74.1 Å². The van der Waals surface area contributed by atoms with Gasteiger partial charge >= 0.3 is 0 Å². The number of ether oxygens (including phenoxy) is 1. The molecule has 1 aliphatic rings. The highest BCUT2D eigenvalue weighted by Gasteiger charge is 2.48. The Morgan fingerprint density at radius 2 is 1.76 bits per heavy atom. The lowest BCUT2D eigenvalue weighted by atomic mass is 9.88. The largest absolute Gasteiger partial charge is 0.377 e. The van der Waals surface area contributed by atoms with Crippen molar-refractivity contribution in [2.45, 2.75) is 83.9 Å². The molecule has 10 nitrogen and oxygen atoms in total. The van der Waals surface area contributed by atoms with Crippen molar-refractivity contribution in [1.82, 2.24) is 15.0 Å². The van der Waals surface area contributed by atoms with E-state index in [9.17, 15) is 13.2 Å². The SMILES string of the molecule is CCCCC1=N[C@](CC)(c2ccncc2)C(=O)N1Cc1ccc(-c2ccccc2S(=O)(=O)Nc2noc(C)c2C)c(COCC)c1. The molecule has 0 saturated heterocycles. The van der Waals surface area contributed by atoms with E-state index in [1.165, 1.54) is 0 Å². The van der Waals surface area contributed by atoms with Crippen LogP contribution in [0.1, 0.15) is 74.5 Å². The second-order valence-electron chi connectivity index (χ2n) is 11.4. The number of aryl methyl sites for hydroxylation is 1. The number of pyridine rings is 1. The summed E-state index contributed by atoms with van der Waals surface area (Å²) >= 11 is 0. The van der Waals surface area contributed by atoms with Crippen LogP contribution in [0.4, 0.5) is 5.82 Å². The lowest BCUT2D eigenvalue weighted by Gasteiger charge is -2.26. The maximum atomic E-state index is 14.2. The Balaban J connectivity index is 1.52. The summed E-state index contributed by atoms with van der Waals surface area (Å²) in [6, 6.07) is 16.4. The molecule has 0 aliphatic carbocycles. The minimum Gasteiger partial charge on any atom is -0.377 e. The fourth-order valence-corrected chi connectivity index (χ4v) is 7.03. The molecular weight excluding hydrogens is 602 g/mol. The number of carbonyl (C=O) groups excluding carboxylic acids is 1. The molecule has 3 heterocycles. The second kappa shape index (κ2) is 14.0. The Kier molecular flexibility index (Phi) is 10.0. The number of sulfonamides is 1. The van der Waals surface area contributed by atoms with E-state index < -0.39 is 15.6 Å². The number of hydrogen-bond donors (Lipinski definition) is 1. The highest BCUT2D eigenvalue weighted by molar-refractivity contribution is 7.92. The summed E-state index contributed by atoms with van der Waals surface area (Å²) in [7, 11) is -4.02. The van der Waals surface area contributed by atoms with Crippen LogP contribution in [0.5, 0.6) is 0 Å². The van der Waals surface area contributed by atoms with Gasteiger partial charge in [-0.2, -0.15) is 0 Å². The fourth-order valence-electron chi connectivity index (χ4n) is 5.75. The van der Waals surface area contributed by atoms with Crippen molar-refractivity contribution in [3.63, 3.8) is 0 Å². The van der Waals surface area contributed by atoms with Crippen LogP contribution in [0.3, 0.4) is 0 Å². The van der Waals surface area contributed by atoms with Crippen LogP contribution >= 0.6 is 0 Å². The maximum absolute atomic E-state index is 14.2. The molecule has 1 amide bonds. The molecule has 0 radical (unpaired) electrons. The molecule has 242 valence electrons. The molecule has 0 bridgehead atoms. The van der Waals surface area contributed by atoms with Crippen molar-refractivity contribution in [1.29, 1.82) is 0 Å². The third-order valence-corrected chi connectivity index (χ3v) is 9.88. The minimum atomic E-state index is -4.02. The Morgan fingerprint density at radius 1 is 1.00 bits per heavy atom. The molecule has 0 unspecified atom stereocenters. The Morgan fingerprint density at radius 3 is 2.43 bits per heavy atom. The van der Waals surface area contributed by atoms with Gasteiger partial charge in [0.15, 0.2) is 11.4 Å². The van der Waals surface area contributed by atoms with E-state index >= 15 is 0 Å². The average molecular weight is 644 g/mol. The van der Waals surface area contributed by atoms with Gasteiger partial charge in [-0.3, -0.25) is 24.4 Å². The van der Waals surface area contributed by atoms with Crippen LogP contribution in [0.2, 0.25) is 0 Å². The van der Waals surface area contributed by atoms with Crippen molar-refractivity contribution in [2.75, 3.05) is 11.3 Å². The van der Waals surface area contributed by atoms with Gasteiger partial charge in [-0.1, -0.05) is 61.8 Å². The fraction of sp³-hybridized carbons (Fsp3) is 0.371. The number of benzene rings is 2. The number of nitrogens with one attached hydrogen (secondary N) is 1. The van der Waals surface area contributed by atoms with Gasteiger partial charge in [0.1, 0.15) is 11.6 Å². The number of anilines is 1. The first kappa shape index (κ1) is 33.0. The zero-order valence-electron chi connectivity index (χ0n) is 27.0. The molecule has 0 fully saturated rings. The van der Waals surface area contributed by atoms with Gasteiger partial charge < -0.3 is 9.26 Å². The number of unbranched alkanes of at least 4 members (excludes halogenated alkanes) is 1. The predicted molar refractivity (Wildman–Crippen MR) is 178 cm³/mol. The normalized spacial score (nSPS) is 16.6. The lowest BCUT2D eigenvalue weighted by molar-refractivity contribution is -0.132. The number of carbonyl (C=O) groups is 1. The average Bonchev–Trinajstić information content (AvgIpc) is 3.53. The molecule has 0 saturated carbocycles. The Hall–Kier alpha value is -4.35. The van der Waals surface area contributed by atoms with E-state index in [-0.39, 0.29) is 23.2 Å². The molecule has 0 spiro atoms. The van der Waals surface area contributed by atoms with Crippen LogP contribution in [0.25, 0.3) is 11.1 Å². The number of amides is 1. The van der Waals surface area contributed by atoms with Crippen molar-refractivity contribution in [3.05, 3.63) is 95.0 Å². The molecule has 2 aromatic carbocycles. The smallest absolute Gasteiger partial charge is 0.263 e. The summed E-state index contributed by atoms with van der Waals surface area (Å²) in [5, 5.41) is 3.88. The van der Waals surface area contributed by atoms with E-state index in [4.69, 9.17) is 14.3 Å². The van der Waals surface area contributed by atoms with Gasteiger partial charge in [0.2, 0.25) is 0 Å². The highest BCUT2D eigenvalue weighted by atomic mass is 32.2. The number of amidine groups is 1. The van der Waals surface area contributed by atoms with Crippen molar-refractivity contribution >= 4 is 27.6 Å². The molecule has 11 heteroatoms. The minimum absolute atomic E-state index is 0.0522.